The Morgan fingerprint density at radius 3 is 1.69 bits per heavy atom. The molecule has 12 rings (SSSR count). The van der Waals surface area contributed by atoms with E-state index in [1.807, 2.05) is 11.3 Å². The van der Waals surface area contributed by atoms with Crippen molar-refractivity contribution in [3.05, 3.63) is 149 Å². The lowest BCUT2D eigenvalue weighted by molar-refractivity contribution is 0.332. The average molecular weight is 867 g/mol. The zero-order valence-corrected chi connectivity index (χ0v) is 41.5. The number of fused-ring (bicyclic) bond motifs is 11. The topological polar surface area (TPSA) is 6.48 Å². The quantitative estimate of drug-likeness (QED) is 0.160. The monoisotopic (exact) mass is 866 g/mol. The summed E-state index contributed by atoms with van der Waals surface area (Å²) in [6, 6.07) is 45.8. The van der Waals surface area contributed by atoms with Gasteiger partial charge in [-0.25, -0.2) is 0 Å². The van der Waals surface area contributed by atoms with Crippen LogP contribution in [0.25, 0.3) is 42.8 Å². The van der Waals surface area contributed by atoms with Gasteiger partial charge in [-0.1, -0.05) is 143 Å². The summed E-state index contributed by atoms with van der Waals surface area (Å²) >= 11 is 2.03. The molecule has 0 radical (unpaired) electrons. The maximum Gasteiger partial charge on any atom is 0.334 e. The minimum absolute atomic E-state index is 0.0471. The van der Waals surface area contributed by atoms with Crippen LogP contribution in [0.15, 0.2) is 115 Å². The number of thiophene rings is 1. The zero-order valence-electron chi connectivity index (χ0n) is 40.7. The van der Waals surface area contributed by atoms with E-state index >= 15 is 0 Å². The van der Waals surface area contributed by atoms with E-state index in [-0.39, 0.29) is 33.9 Å². The number of aryl methyl sites for hydroxylation is 1. The first-order chi connectivity index (χ1) is 30.7. The zero-order chi connectivity index (χ0) is 45.3. The van der Waals surface area contributed by atoms with Gasteiger partial charge < -0.3 is 9.71 Å². The fraction of sp³-hybridized carbons (Fsp3) is 0.344. The Labute approximate surface area is 391 Å². The SMILES string of the molecule is Cc1cc2c(cc1N1c3sc4cc5c(cc4c3B3c4c(cc6ccccc6c41)-c1cc4ccccc4cc1N3c1ccc(C(C)(C)C)cc1)C(C)(C)CCC5(C)C)C(C)(C)CCC2(C)C. The summed E-state index contributed by atoms with van der Waals surface area (Å²) in [6.45, 7) is 29.1. The molecule has 0 bridgehead atoms. The van der Waals surface area contributed by atoms with E-state index in [0.717, 1.165) is 0 Å². The lowest BCUT2D eigenvalue weighted by Crippen LogP contribution is -2.61. The third-order valence-corrected chi connectivity index (χ3v) is 18.0. The van der Waals surface area contributed by atoms with E-state index in [0.29, 0.717) is 0 Å². The minimum Gasteiger partial charge on any atom is -0.376 e. The first kappa shape index (κ1) is 41.1. The molecule has 0 atom stereocenters. The van der Waals surface area contributed by atoms with Crippen molar-refractivity contribution in [3.8, 4) is 11.1 Å². The van der Waals surface area contributed by atoms with Gasteiger partial charge in [0.15, 0.2) is 0 Å². The predicted octanol–water partition coefficient (Wildman–Crippen LogP) is 16.2. The van der Waals surface area contributed by atoms with Crippen LogP contribution in [0.1, 0.15) is 135 Å². The molecule has 1 aromatic heterocycles. The molecule has 3 heterocycles. The molecule has 7 aromatic carbocycles. The van der Waals surface area contributed by atoms with E-state index in [4.69, 9.17) is 0 Å². The van der Waals surface area contributed by atoms with Gasteiger partial charge in [0.25, 0.3) is 0 Å². The molecule has 326 valence electrons. The van der Waals surface area contributed by atoms with Crippen molar-refractivity contribution in [2.75, 3.05) is 9.71 Å². The molecule has 8 aromatic rings. The second kappa shape index (κ2) is 13.4. The minimum atomic E-state index is -0.0650. The van der Waals surface area contributed by atoms with Gasteiger partial charge in [-0.2, -0.15) is 0 Å². The van der Waals surface area contributed by atoms with Gasteiger partial charge in [-0.3, -0.25) is 0 Å². The van der Waals surface area contributed by atoms with Gasteiger partial charge in [0.2, 0.25) is 0 Å². The van der Waals surface area contributed by atoms with Crippen LogP contribution in [0, 0.1) is 6.92 Å². The lowest BCUT2D eigenvalue weighted by Gasteiger charge is -2.47. The molecule has 65 heavy (non-hydrogen) atoms. The molecule has 0 fully saturated rings. The fourth-order valence-electron chi connectivity index (χ4n) is 12.6. The molecule has 0 saturated carbocycles. The van der Waals surface area contributed by atoms with Crippen molar-refractivity contribution < 1.29 is 0 Å². The number of hydrogen-bond acceptors (Lipinski definition) is 3. The summed E-state index contributed by atoms with van der Waals surface area (Å²) in [5, 5.41) is 7.91. The molecule has 0 N–H and O–H groups in total. The second-order valence-electron chi connectivity index (χ2n) is 24.0. The standard InChI is InChI=1S/C61H63BN2S/c1-36-29-46-48(60(9,10)27-25-58(46,5)6)34-50(36)63-55-42-20-16-15-19-39(42)31-44-43-30-37-17-13-14-18-38(37)32-51(43)64(41-23-21-40(22-24-41)57(2,3)4)62(53(44)55)54-45-33-47-49(35-52(45)65-56(54)63)61(11,12)28-26-59(47,7)8/h13-24,29-35H,25-28H2,1-12H3. The van der Waals surface area contributed by atoms with Crippen LogP contribution in [0.4, 0.5) is 27.8 Å². The number of benzene rings is 7. The van der Waals surface area contributed by atoms with E-state index in [1.54, 1.807) is 0 Å². The van der Waals surface area contributed by atoms with Gasteiger partial charge in [-0.05, 0) is 180 Å². The molecule has 0 unspecified atom stereocenters. The first-order valence-electron chi connectivity index (χ1n) is 24.3. The van der Waals surface area contributed by atoms with Gasteiger partial charge in [0, 0.05) is 27.0 Å². The summed E-state index contributed by atoms with van der Waals surface area (Å²) in [5.74, 6) is 0. The van der Waals surface area contributed by atoms with E-state index in [1.165, 1.54) is 140 Å². The van der Waals surface area contributed by atoms with Crippen LogP contribution in [-0.4, -0.2) is 6.85 Å². The van der Waals surface area contributed by atoms with Crippen LogP contribution < -0.4 is 20.6 Å². The Kier molecular flexibility index (Phi) is 8.49. The summed E-state index contributed by atoms with van der Waals surface area (Å²) in [4.78, 5) is 5.52. The summed E-state index contributed by atoms with van der Waals surface area (Å²) in [7, 11) is 0. The highest BCUT2D eigenvalue weighted by molar-refractivity contribution is 7.26. The molecule has 4 aliphatic rings. The van der Waals surface area contributed by atoms with Crippen LogP contribution in [-0.2, 0) is 27.1 Å². The van der Waals surface area contributed by atoms with Gasteiger partial charge >= 0.3 is 6.85 Å². The highest BCUT2D eigenvalue weighted by Gasteiger charge is 2.49. The average Bonchev–Trinajstić information content (AvgIpc) is 3.64. The highest BCUT2D eigenvalue weighted by Crippen LogP contribution is 2.56. The van der Waals surface area contributed by atoms with E-state index in [9.17, 15) is 0 Å². The smallest absolute Gasteiger partial charge is 0.334 e. The Hall–Kier alpha value is -5.32. The van der Waals surface area contributed by atoms with Gasteiger partial charge in [0.05, 0.1) is 16.4 Å². The summed E-state index contributed by atoms with van der Waals surface area (Å²) in [6.07, 6.45) is 4.77. The summed E-state index contributed by atoms with van der Waals surface area (Å²) in [5.41, 5.74) is 19.8. The molecule has 0 amide bonds. The third kappa shape index (κ3) is 5.91. The largest absolute Gasteiger partial charge is 0.376 e. The molecule has 2 aliphatic carbocycles. The van der Waals surface area contributed by atoms with Gasteiger partial charge in [0.1, 0.15) is 0 Å². The number of anilines is 5. The Balaban J connectivity index is 1.27. The van der Waals surface area contributed by atoms with Crippen LogP contribution in [0.5, 0.6) is 0 Å². The molecule has 2 aliphatic heterocycles. The van der Waals surface area contributed by atoms with Crippen molar-refractivity contribution in [2.45, 2.75) is 136 Å². The fourth-order valence-corrected chi connectivity index (χ4v) is 13.8. The van der Waals surface area contributed by atoms with Crippen molar-refractivity contribution in [1.29, 1.82) is 0 Å². The Morgan fingerprint density at radius 2 is 1.06 bits per heavy atom. The highest BCUT2D eigenvalue weighted by atomic mass is 32.1. The molecule has 2 nitrogen and oxygen atoms in total. The van der Waals surface area contributed by atoms with Crippen molar-refractivity contribution >= 4 is 88.5 Å². The second-order valence-corrected chi connectivity index (χ2v) is 25.0. The lowest BCUT2D eigenvalue weighted by atomic mass is 9.43. The molecular formula is C61H63BN2S. The molecule has 4 heteroatoms. The first-order valence-corrected chi connectivity index (χ1v) is 25.1. The van der Waals surface area contributed by atoms with Crippen LogP contribution in [0.3, 0.4) is 0 Å². The van der Waals surface area contributed by atoms with Crippen molar-refractivity contribution in [1.82, 2.24) is 0 Å². The number of rotatable bonds is 2. The number of nitrogens with zero attached hydrogens (tertiary/aromatic N) is 2. The van der Waals surface area contributed by atoms with Crippen LogP contribution in [0.2, 0.25) is 0 Å². The Morgan fingerprint density at radius 1 is 0.523 bits per heavy atom. The summed E-state index contributed by atoms with van der Waals surface area (Å²) < 4.78 is 1.40. The van der Waals surface area contributed by atoms with Crippen molar-refractivity contribution in [2.24, 2.45) is 0 Å². The van der Waals surface area contributed by atoms with E-state index in [2.05, 4.69) is 208 Å². The number of hydrogen-bond donors (Lipinski definition) is 0. The van der Waals surface area contributed by atoms with E-state index < -0.39 is 0 Å². The predicted molar refractivity (Wildman–Crippen MR) is 285 cm³/mol. The normalized spacial score (nSPS) is 18.6. The maximum atomic E-state index is 2.77. The third-order valence-electron chi connectivity index (χ3n) is 16.8. The van der Waals surface area contributed by atoms with Crippen molar-refractivity contribution in [3.63, 3.8) is 0 Å². The Bertz CT molecular complexity index is 3340. The van der Waals surface area contributed by atoms with Crippen LogP contribution >= 0.6 is 11.3 Å². The molecule has 0 saturated heterocycles. The molecular weight excluding hydrogens is 804 g/mol. The maximum absolute atomic E-state index is 2.77. The molecule has 0 spiro atoms. The van der Waals surface area contributed by atoms with Gasteiger partial charge in [-0.15, -0.1) is 11.3 Å².